The zero-order valence-electron chi connectivity index (χ0n) is 6.97. The van der Waals surface area contributed by atoms with Gasteiger partial charge in [0.25, 0.3) is 0 Å². The SMILES string of the molecule is C[C@@H](N)C(=O)NCCCCN. The van der Waals surface area contributed by atoms with Crippen LogP contribution in [0.5, 0.6) is 0 Å². The molecule has 0 aliphatic heterocycles. The van der Waals surface area contributed by atoms with Gasteiger partial charge in [-0.05, 0) is 26.3 Å². The second kappa shape index (κ2) is 6.12. The van der Waals surface area contributed by atoms with E-state index in [0.29, 0.717) is 13.1 Å². The van der Waals surface area contributed by atoms with Gasteiger partial charge in [-0.2, -0.15) is 0 Å². The summed E-state index contributed by atoms with van der Waals surface area (Å²) in [6, 6.07) is -0.409. The van der Waals surface area contributed by atoms with Crippen molar-refractivity contribution in [2.24, 2.45) is 11.5 Å². The van der Waals surface area contributed by atoms with E-state index in [1.807, 2.05) is 0 Å². The molecule has 0 fully saturated rings. The first-order chi connectivity index (χ1) is 5.18. The first-order valence-electron chi connectivity index (χ1n) is 3.92. The van der Waals surface area contributed by atoms with Crippen LogP contribution in [0.1, 0.15) is 19.8 Å². The van der Waals surface area contributed by atoms with E-state index in [2.05, 4.69) is 5.32 Å². The molecular weight excluding hydrogens is 142 g/mol. The van der Waals surface area contributed by atoms with E-state index in [0.717, 1.165) is 12.8 Å². The Hall–Kier alpha value is -0.610. The molecular formula is C7H17N3O. The van der Waals surface area contributed by atoms with E-state index in [-0.39, 0.29) is 5.91 Å². The molecule has 0 bridgehead atoms. The van der Waals surface area contributed by atoms with Crippen molar-refractivity contribution in [3.63, 3.8) is 0 Å². The maximum Gasteiger partial charge on any atom is 0.236 e. The predicted molar refractivity (Wildman–Crippen MR) is 44.9 cm³/mol. The van der Waals surface area contributed by atoms with Crippen molar-refractivity contribution in [3.05, 3.63) is 0 Å². The van der Waals surface area contributed by atoms with Gasteiger partial charge in [-0.3, -0.25) is 4.79 Å². The first-order valence-corrected chi connectivity index (χ1v) is 3.92. The molecule has 0 saturated heterocycles. The monoisotopic (exact) mass is 159 g/mol. The number of hydrogen-bond donors (Lipinski definition) is 3. The molecule has 1 amide bonds. The summed E-state index contributed by atoms with van der Waals surface area (Å²) in [6.07, 6.45) is 1.87. The molecule has 0 aromatic heterocycles. The molecule has 0 aliphatic rings. The molecule has 0 aliphatic carbocycles. The molecule has 0 aromatic carbocycles. The third-order valence-corrected chi connectivity index (χ3v) is 1.34. The summed E-state index contributed by atoms with van der Waals surface area (Å²) in [7, 11) is 0. The van der Waals surface area contributed by atoms with Gasteiger partial charge >= 0.3 is 0 Å². The van der Waals surface area contributed by atoms with Gasteiger partial charge in [0.05, 0.1) is 6.04 Å². The van der Waals surface area contributed by atoms with Gasteiger partial charge in [0, 0.05) is 6.54 Å². The molecule has 11 heavy (non-hydrogen) atoms. The fourth-order valence-corrected chi connectivity index (χ4v) is 0.642. The molecule has 0 heterocycles. The lowest BCUT2D eigenvalue weighted by molar-refractivity contribution is -0.121. The highest BCUT2D eigenvalue weighted by Gasteiger charge is 2.04. The van der Waals surface area contributed by atoms with Crippen LogP contribution in [0, 0.1) is 0 Å². The van der Waals surface area contributed by atoms with Gasteiger partial charge in [0.15, 0.2) is 0 Å². The van der Waals surface area contributed by atoms with Crippen LogP contribution in [-0.2, 0) is 4.79 Å². The lowest BCUT2D eigenvalue weighted by Crippen LogP contribution is -2.38. The smallest absolute Gasteiger partial charge is 0.236 e. The average Bonchev–Trinajstić information content (AvgIpc) is 1.97. The van der Waals surface area contributed by atoms with Gasteiger partial charge in [-0.15, -0.1) is 0 Å². The summed E-state index contributed by atoms with van der Waals surface area (Å²) < 4.78 is 0. The van der Waals surface area contributed by atoms with Crippen LogP contribution in [-0.4, -0.2) is 25.0 Å². The van der Waals surface area contributed by atoms with Crippen LogP contribution in [0.15, 0.2) is 0 Å². The Morgan fingerprint density at radius 1 is 1.55 bits per heavy atom. The maximum atomic E-state index is 10.8. The van der Waals surface area contributed by atoms with Crippen LogP contribution in [0.4, 0.5) is 0 Å². The van der Waals surface area contributed by atoms with Crippen LogP contribution in [0.2, 0.25) is 0 Å². The normalized spacial score (nSPS) is 12.6. The number of amides is 1. The molecule has 0 saturated carbocycles. The number of unbranched alkanes of at least 4 members (excludes halogenated alkanes) is 1. The summed E-state index contributed by atoms with van der Waals surface area (Å²) in [5.41, 5.74) is 10.6. The summed E-state index contributed by atoms with van der Waals surface area (Å²) in [4.78, 5) is 10.8. The number of rotatable bonds is 5. The summed E-state index contributed by atoms with van der Waals surface area (Å²) in [5.74, 6) is -0.0954. The number of nitrogens with two attached hydrogens (primary N) is 2. The molecule has 0 radical (unpaired) electrons. The van der Waals surface area contributed by atoms with Crippen LogP contribution >= 0.6 is 0 Å². The Balaban J connectivity index is 3.18. The minimum Gasteiger partial charge on any atom is -0.355 e. The largest absolute Gasteiger partial charge is 0.355 e. The van der Waals surface area contributed by atoms with Crippen LogP contribution in [0.25, 0.3) is 0 Å². The number of carbonyl (C=O) groups is 1. The summed E-state index contributed by atoms with van der Waals surface area (Å²) in [5, 5.41) is 2.70. The molecule has 0 unspecified atom stereocenters. The molecule has 5 N–H and O–H groups in total. The Bertz CT molecular complexity index is 114. The summed E-state index contributed by atoms with van der Waals surface area (Å²) >= 11 is 0. The molecule has 66 valence electrons. The second-order valence-corrected chi connectivity index (χ2v) is 2.58. The lowest BCUT2D eigenvalue weighted by atomic mass is 10.3. The van der Waals surface area contributed by atoms with Gasteiger partial charge in [0.2, 0.25) is 5.91 Å². The number of carbonyl (C=O) groups excluding carboxylic acids is 1. The highest BCUT2D eigenvalue weighted by atomic mass is 16.2. The highest BCUT2D eigenvalue weighted by Crippen LogP contribution is 1.83. The van der Waals surface area contributed by atoms with Crippen molar-refractivity contribution in [1.82, 2.24) is 5.32 Å². The standard InChI is InChI=1S/C7H17N3O/c1-6(9)7(11)10-5-3-2-4-8/h6H,2-5,8-9H2,1H3,(H,10,11)/t6-/m1/s1. The zero-order chi connectivity index (χ0) is 8.69. The number of nitrogens with one attached hydrogen (secondary N) is 1. The molecule has 0 aromatic rings. The van der Waals surface area contributed by atoms with Gasteiger partial charge < -0.3 is 16.8 Å². The van der Waals surface area contributed by atoms with Gasteiger partial charge in [-0.1, -0.05) is 0 Å². The van der Waals surface area contributed by atoms with E-state index in [9.17, 15) is 4.79 Å². The minimum atomic E-state index is -0.409. The Kier molecular flexibility index (Phi) is 5.78. The third kappa shape index (κ3) is 5.82. The van der Waals surface area contributed by atoms with Crippen molar-refractivity contribution in [3.8, 4) is 0 Å². The molecule has 4 heteroatoms. The fourth-order valence-electron chi connectivity index (χ4n) is 0.642. The van der Waals surface area contributed by atoms with Crippen molar-refractivity contribution in [2.75, 3.05) is 13.1 Å². The summed E-state index contributed by atoms with van der Waals surface area (Å²) in [6.45, 7) is 3.02. The van der Waals surface area contributed by atoms with E-state index in [1.165, 1.54) is 0 Å². The van der Waals surface area contributed by atoms with Crippen molar-refractivity contribution in [2.45, 2.75) is 25.8 Å². The second-order valence-electron chi connectivity index (χ2n) is 2.58. The van der Waals surface area contributed by atoms with Crippen LogP contribution < -0.4 is 16.8 Å². The van der Waals surface area contributed by atoms with E-state index < -0.39 is 6.04 Å². The quantitative estimate of drug-likeness (QED) is 0.459. The van der Waals surface area contributed by atoms with Crippen molar-refractivity contribution in [1.29, 1.82) is 0 Å². The lowest BCUT2D eigenvalue weighted by Gasteiger charge is -2.06. The predicted octanol–water partition coefficient (Wildman–Crippen LogP) is -0.811. The van der Waals surface area contributed by atoms with E-state index in [4.69, 9.17) is 11.5 Å². The Morgan fingerprint density at radius 3 is 2.64 bits per heavy atom. The van der Waals surface area contributed by atoms with Crippen molar-refractivity contribution < 1.29 is 4.79 Å². The average molecular weight is 159 g/mol. The Morgan fingerprint density at radius 2 is 2.18 bits per heavy atom. The number of hydrogen-bond acceptors (Lipinski definition) is 3. The molecule has 0 spiro atoms. The highest BCUT2D eigenvalue weighted by molar-refractivity contribution is 5.80. The van der Waals surface area contributed by atoms with E-state index >= 15 is 0 Å². The van der Waals surface area contributed by atoms with E-state index in [1.54, 1.807) is 6.92 Å². The van der Waals surface area contributed by atoms with Crippen LogP contribution in [0.3, 0.4) is 0 Å². The Labute approximate surface area is 67.3 Å². The first kappa shape index (κ1) is 10.4. The van der Waals surface area contributed by atoms with Gasteiger partial charge in [-0.25, -0.2) is 0 Å². The fraction of sp³-hybridized carbons (Fsp3) is 0.857. The molecule has 0 rings (SSSR count). The minimum absolute atomic E-state index is 0.0954. The van der Waals surface area contributed by atoms with Crippen molar-refractivity contribution >= 4 is 5.91 Å². The molecule has 1 atom stereocenters. The zero-order valence-corrected chi connectivity index (χ0v) is 6.97. The topological polar surface area (TPSA) is 81.1 Å². The maximum absolute atomic E-state index is 10.8. The third-order valence-electron chi connectivity index (χ3n) is 1.34. The molecule has 4 nitrogen and oxygen atoms in total. The van der Waals surface area contributed by atoms with Gasteiger partial charge in [0.1, 0.15) is 0 Å².